The van der Waals surface area contributed by atoms with Crippen LogP contribution in [0, 0.1) is 11.8 Å². The van der Waals surface area contributed by atoms with Gasteiger partial charge in [0.2, 0.25) is 0 Å². The van der Waals surface area contributed by atoms with Crippen LogP contribution < -0.4 is 4.74 Å². The van der Waals surface area contributed by atoms with Crippen molar-refractivity contribution < 1.29 is 25.2 Å². The Hall–Kier alpha value is -1.37. The Labute approximate surface area is 165 Å². The van der Waals surface area contributed by atoms with Crippen molar-refractivity contribution >= 4 is 11.6 Å². The topological polar surface area (TPSA) is 90.2 Å². The third-order valence-electron chi connectivity index (χ3n) is 4.79. The van der Waals surface area contributed by atoms with E-state index in [1.165, 1.54) is 0 Å². The lowest BCUT2D eigenvalue weighted by Gasteiger charge is -2.19. The first kappa shape index (κ1) is 21.9. The van der Waals surface area contributed by atoms with Crippen molar-refractivity contribution in [1.82, 2.24) is 0 Å². The summed E-state index contributed by atoms with van der Waals surface area (Å²) in [6, 6.07) is 6.96. The molecule has 0 aromatic heterocycles. The standard InChI is InChI=1S/C21H29ClO5/c22-15-6-5-7-17(12-15)27-14-16(24)9-10-19-18(20(25)13-21(19)26)8-3-1-2-4-11-23/h1,3,5-7,9-10,12,16,18-21,23-26H,2,4,8,11,13-14H2/b3-1+,10-9+. The zero-order valence-corrected chi connectivity index (χ0v) is 16.1. The third-order valence-corrected chi connectivity index (χ3v) is 5.03. The summed E-state index contributed by atoms with van der Waals surface area (Å²) >= 11 is 5.90. The Balaban J connectivity index is 1.86. The van der Waals surface area contributed by atoms with Gasteiger partial charge in [-0.05, 0) is 43.4 Å². The van der Waals surface area contributed by atoms with Gasteiger partial charge in [-0.1, -0.05) is 42.0 Å². The number of rotatable bonds is 10. The lowest BCUT2D eigenvalue weighted by Crippen LogP contribution is -2.21. The average molecular weight is 397 g/mol. The molecule has 5 unspecified atom stereocenters. The van der Waals surface area contributed by atoms with Crippen molar-refractivity contribution in [3.05, 3.63) is 53.6 Å². The summed E-state index contributed by atoms with van der Waals surface area (Å²) in [6.07, 6.45) is 7.82. The number of halogens is 1. The molecular weight excluding hydrogens is 368 g/mol. The molecule has 0 amide bonds. The second-order valence-corrected chi connectivity index (χ2v) is 7.34. The molecule has 27 heavy (non-hydrogen) atoms. The van der Waals surface area contributed by atoms with Crippen LogP contribution in [0.2, 0.25) is 5.02 Å². The molecule has 0 aliphatic heterocycles. The normalized spacial score (nSPS) is 26.9. The van der Waals surface area contributed by atoms with E-state index < -0.39 is 18.3 Å². The van der Waals surface area contributed by atoms with Crippen LogP contribution in [-0.2, 0) is 0 Å². The van der Waals surface area contributed by atoms with Crippen molar-refractivity contribution in [1.29, 1.82) is 0 Å². The van der Waals surface area contributed by atoms with E-state index in [2.05, 4.69) is 0 Å². The van der Waals surface area contributed by atoms with Crippen LogP contribution in [0.1, 0.15) is 25.7 Å². The van der Waals surface area contributed by atoms with Crippen LogP contribution in [0.5, 0.6) is 5.75 Å². The van der Waals surface area contributed by atoms with Crippen LogP contribution >= 0.6 is 11.6 Å². The molecule has 5 atom stereocenters. The maximum atomic E-state index is 10.2. The highest BCUT2D eigenvalue weighted by atomic mass is 35.5. The minimum absolute atomic E-state index is 0.0773. The zero-order valence-electron chi connectivity index (χ0n) is 15.3. The molecule has 1 saturated carbocycles. The predicted molar refractivity (Wildman–Crippen MR) is 106 cm³/mol. The smallest absolute Gasteiger partial charge is 0.120 e. The molecule has 1 fully saturated rings. The molecule has 5 nitrogen and oxygen atoms in total. The van der Waals surface area contributed by atoms with Crippen molar-refractivity contribution in [2.75, 3.05) is 13.2 Å². The average Bonchev–Trinajstić information content (AvgIpc) is 2.91. The molecule has 0 saturated heterocycles. The van der Waals surface area contributed by atoms with E-state index in [0.29, 0.717) is 30.0 Å². The van der Waals surface area contributed by atoms with Gasteiger partial charge in [-0.25, -0.2) is 0 Å². The first-order valence-corrected chi connectivity index (χ1v) is 9.75. The molecule has 0 spiro atoms. The molecule has 0 bridgehead atoms. The van der Waals surface area contributed by atoms with E-state index in [9.17, 15) is 15.3 Å². The maximum Gasteiger partial charge on any atom is 0.120 e. The van der Waals surface area contributed by atoms with Crippen LogP contribution in [0.3, 0.4) is 0 Å². The number of aliphatic hydroxyl groups is 4. The van der Waals surface area contributed by atoms with E-state index in [1.54, 1.807) is 36.4 Å². The van der Waals surface area contributed by atoms with Crippen LogP contribution in [-0.4, -0.2) is 52.0 Å². The lowest BCUT2D eigenvalue weighted by atomic mass is 9.89. The van der Waals surface area contributed by atoms with Crippen LogP contribution in [0.25, 0.3) is 0 Å². The van der Waals surface area contributed by atoms with Crippen molar-refractivity contribution in [2.45, 2.75) is 44.0 Å². The molecule has 0 heterocycles. The highest BCUT2D eigenvalue weighted by Crippen LogP contribution is 2.36. The summed E-state index contributed by atoms with van der Waals surface area (Å²) in [6.45, 7) is 0.240. The number of hydrogen-bond acceptors (Lipinski definition) is 5. The van der Waals surface area contributed by atoms with Gasteiger partial charge in [0.1, 0.15) is 18.5 Å². The van der Waals surface area contributed by atoms with Gasteiger partial charge >= 0.3 is 0 Å². The van der Waals surface area contributed by atoms with Gasteiger partial charge in [-0.2, -0.15) is 0 Å². The summed E-state index contributed by atoms with van der Waals surface area (Å²) in [4.78, 5) is 0. The SMILES string of the molecule is OCCC/C=C/CC1C(O)CC(O)C1/C=C/C(O)COc1cccc(Cl)c1. The van der Waals surface area contributed by atoms with Crippen molar-refractivity contribution in [2.24, 2.45) is 11.8 Å². The van der Waals surface area contributed by atoms with Gasteiger partial charge in [0.25, 0.3) is 0 Å². The van der Waals surface area contributed by atoms with Crippen molar-refractivity contribution in [3.63, 3.8) is 0 Å². The quantitative estimate of drug-likeness (QED) is 0.360. The highest BCUT2D eigenvalue weighted by Gasteiger charge is 2.39. The molecule has 1 aromatic rings. The Morgan fingerprint density at radius 1 is 1.22 bits per heavy atom. The fourth-order valence-corrected chi connectivity index (χ4v) is 3.52. The number of unbranched alkanes of at least 4 members (excludes halogenated alkanes) is 1. The second-order valence-electron chi connectivity index (χ2n) is 6.91. The third kappa shape index (κ3) is 7.28. The molecule has 1 aliphatic rings. The Kier molecular flexibility index (Phi) is 9.31. The van der Waals surface area contributed by atoms with Gasteiger partial charge in [-0.15, -0.1) is 0 Å². The largest absolute Gasteiger partial charge is 0.491 e. The Morgan fingerprint density at radius 2 is 2.04 bits per heavy atom. The van der Waals surface area contributed by atoms with Gasteiger partial charge in [0.15, 0.2) is 0 Å². The van der Waals surface area contributed by atoms with Crippen LogP contribution in [0.4, 0.5) is 0 Å². The molecule has 6 heteroatoms. The van der Waals surface area contributed by atoms with Crippen molar-refractivity contribution in [3.8, 4) is 5.75 Å². The molecule has 2 rings (SSSR count). The molecule has 1 aromatic carbocycles. The summed E-state index contributed by atoms with van der Waals surface area (Å²) in [5.41, 5.74) is 0. The molecule has 1 aliphatic carbocycles. The number of allylic oxidation sites excluding steroid dienone is 2. The van der Waals surface area contributed by atoms with Crippen LogP contribution in [0.15, 0.2) is 48.6 Å². The fourth-order valence-electron chi connectivity index (χ4n) is 3.34. The predicted octanol–water partition coefficient (Wildman–Crippen LogP) is 2.71. The molecule has 4 N–H and O–H groups in total. The van der Waals surface area contributed by atoms with Gasteiger partial charge < -0.3 is 25.2 Å². The number of ether oxygens (including phenoxy) is 1. The Bertz CT molecular complexity index is 618. The zero-order chi connectivity index (χ0) is 19.6. The summed E-state index contributed by atoms with van der Waals surface area (Å²) in [7, 11) is 0. The number of aliphatic hydroxyl groups excluding tert-OH is 4. The minimum Gasteiger partial charge on any atom is -0.491 e. The number of benzene rings is 1. The van der Waals surface area contributed by atoms with E-state index in [1.807, 2.05) is 12.2 Å². The molecule has 150 valence electrons. The monoisotopic (exact) mass is 396 g/mol. The summed E-state index contributed by atoms with van der Waals surface area (Å²) in [5.74, 6) is 0.267. The first-order valence-electron chi connectivity index (χ1n) is 9.38. The summed E-state index contributed by atoms with van der Waals surface area (Å²) < 4.78 is 5.51. The van der Waals surface area contributed by atoms with E-state index in [4.69, 9.17) is 21.4 Å². The lowest BCUT2D eigenvalue weighted by molar-refractivity contribution is 0.120. The van der Waals surface area contributed by atoms with Gasteiger partial charge in [-0.3, -0.25) is 0 Å². The fraction of sp³-hybridized carbons (Fsp3) is 0.524. The summed E-state index contributed by atoms with van der Waals surface area (Å²) in [5, 5.41) is 39.9. The highest BCUT2D eigenvalue weighted by molar-refractivity contribution is 6.30. The van der Waals surface area contributed by atoms with E-state index >= 15 is 0 Å². The van der Waals surface area contributed by atoms with E-state index in [0.717, 1.165) is 6.42 Å². The molecule has 0 radical (unpaired) electrons. The van der Waals surface area contributed by atoms with Gasteiger partial charge in [0, 0.05) is 24.0 Å². The maximum absolute atomic E-state index is 10.2. The second kappa shape index (κ2) is 11.5. The number of hydrogen-bond donors (Lipinski definition) is 4. The first-order chi connectivity index (χ1) is 13.0. The minimum atomic E-state index is -0.824. The van der Waals surface area contributed by atoms with E-state index in [-0.39, 0.29) is 25.0 Å². The Morgan fingerprint density at radius 3 is 2.78 bits per heavy atom. The van der Waals surface area contributed by atoms with Gasteiger partial charge in [0.05, 0.1) is 12.2 Å². The molecular formula is C21H29ClO5.